The van der Waals surface area contributed by atoms with Crippen molar-refractivity contribution >= 4 is 5.78 Å². The largest absolute Gasteiger partial charge is 0.512 e. The van der Waals surface area contributed by atoms with E-state index in [-0.39, 0.29) is 31.0 Å². The van der Waals surface area contributed by atoms with Gasteiger partial charge in [-0.2, -0.15) is 0 Å². The van der Waals surface area contributed by atoms with E-state index in [1.165, 1.54) is 26.3 Å². The van der Waals surface area contributed by atoms with E-state index in [0.717, 1.165) is 11.8 Å². The van der Waals surface area contributed by atoms with Crippen LogP contribution in [0, 0.1) is 11.8 Å². The molecule has 2 rings (SSSR count). The molecule has 2 N–H and O–H groups in total. The first kappa shape index (κ1) is 14.3. The van der Waals surface area contributed by atoms with Crippen molar-refractivity contribution < 1.29 is 29.4 Å². The minimum absolute atomic E-state index is 0. The van der Waals surface area contributed by atoms with Crippen molar-refractivity contribution in [2.24, 2.45) is 11.8 Å². The van der Waals surface area contributed by atoms with E-state index in [2.05, 4.69) is 24.3 Å². The standard InChI is InChI=1S/C7H8.C5H8O2.Rh/c1-2-7-4-3-6(1)5-7;1-4(6)3-5(2)7;/h1-4,6-7H,5H2;3,6H,1-2H3;/p+1/b;4-3-;. The van der Waals surface area contributed by atoms with Crippen molar-refractivity contribution in [2.75, 3.05) is 0 Å². The van der Waals surface area contributed by atoms with Gasteiger partial charge in [-0.25, -0.2) is 0 Å². The zero-order chi connectivity index (χ0) is 10.6. The number of hydrogen-bond acceptors (Lipinski definition) is 1. The second-order valence-electron chi connectivity index (χ2n) is 3.76. The van der Waals surface area contributed by atoms with Crippen molar-refractivity contribution in [2.45, 2.75) is 20.3 Å². The van der Waals surface area contributed by atoms with Crippen LogP contribution >= 0.6 is 0 Å². The average Bonchev–Trinajstić information content (AvgIpc) is 2.63. The molecule has 2 aliphatic carbocycles. The van der Waals surface area contributed by atoms with E-state index in [9.17, 15) is 0 Å². The summed E-state index contributed by atoms with van der Waals surface area (Å²) in [6, 6.07) is 0. The average molecular weight is 296 g/mol. The molecule has 85 valence electrons. The maximum atomic E-state index is 8.40. The summed E-state index contributed by atoms with van der Waals surface area (Å²) in [4.78, 5) is 8.40. The number of rotatable bonds is 1. The van der Waals surface area contributed by atoms with Crippen LogP contribution in [0.3, 0.4) is 0 Å². The van der Waals surface area contributed by atoms with Crippen molar-refractivity contribution in [3.63, 3.8) is 0 Å². The van der Waals surface area contributed by atoms with Gasteiger partial charge in [0.15, 0.2) is 0 Å². The summed E-state index contributed by atoms with van der Waals surface area (Å²) in [5.74, 6) is 1.87. The summed E-state index contributed by atoms with van der Waals surface area (Å²) in [6.07, 6.45) is 11.8. The van der Waals surface area contributed by atoms with Crippen LogP contribution in [-0.4, -0.2) is 15.7 Å². The fourth-order valence-corrected chi connectivity index (χ4v) is 1.63. The van der Waals surface area contributed by atoms with Gasteiger partial charge in [0.1, 0.15) is 0 Å². The Morgan fingerprint density at radius 2 is 1.60 bits per heavy atom. The molecule has 0 fully saturated rings. The van der Waals surface area contributed by atoms with Crippen molar-refractivity contribution in [3.05, 3.63) is 36.1 Å². The summed E-state index contributed by atoms with van der Waals surface area (Å²) >= 11 is 0. The molecule has 0 aromatic heterocycles. The van der Waals surface area contributed by atoms with Crippen LogP contribution in [0.15, 0.2) is 36.1 Å². The monoisotopic (exact) mass is 296 g/mol. The van der Waals surface area contributed by atoms with Gasteiger partial charge in [0.05, 0.1) is 18.8 Å². The van der Waals surface area contributed by atoms with Crippen molar-refractivity contribution in [1.29, 1.82) is 0 Å². The Morgan fingerprint density at radius 3 is 1.67 bits per heavy atom. The summed E-state index contributed by atoms with van der Waals surface area (Å²) < 4.78 is 0. The fraction of sp³-hybridized carbons (Fsp3) is 0.417. The molecule has 3 heteroatoms. The molecule has 0 heterocycles. The zero-order valence-electron chi connectivity index (χ0n) is 8.98. The number of aliphatic hydroxyl groups excluding tert-OH is 1. The van der Waals surface area contributed by atoms with E-state index in [4.69, 9.17) is 9.90 Å². The Kier molecular flexibility index (Phi) is 6.43. The van der Waals surface area contributed by atoms with Crippen LogP contribution < -0.4 is 0 Å². The third kappa shape index (κ3) is 5.68. The van der Waals surface area contributed by atoms with Gasteiger partial charge in [0.25, 0.3) is 0 Å². The quantitative estimate of drug-likeness (QED) is 0.261. The SMILES string of the molecule is C1=CC2C=CC1C2.CC(=[OH+])/C=C(/C)O.[Rh]. The van der Waals surface area contributed by atoms with Gasteiger partial charge in [-0.1, -0.05) is 24.3 Å². The molecule has 15 heavy (non-hydrogen) atoms. The van der Waals surface area contributed by atoms with E-state index in [0.29, 0.717) is 0 Å². The number of hydrogen-bond donors (Lipinski definition) is 1. The molecule has 0 saturated heterocycles. The van der Waals surface area contributed by atoms with Gasteiger partial charge in [-0.05, 0) is 25.2 Å². The number of fused-ring (bicyclic) bond motifs is 2. The molecule has 0 spiro atoms. The minimum atomic E-state index is 0. The summed E-state index contributed by atoms with van der Waals surface area (Å²) in [6.45, 7) is 3.00. The molecule has 2 aliphatic rings. The topological polar surface area (TPSA) is 41.6 Å². The molecule has 0 unspecified atom stereocenters. The van der Waals surface area contributed by atoms with Gasteiger partial charge in [0, 0.05) is 19.5 Å². The molecular formula is C12H17O2Rh+. The van der Waals surface area contributed by atoms with E-state index < -0.39 is 0 Å². The van der Waals surface area contributed by atoms with Gasteiger partial charge in [-0.3, -0.25) is 4.79 Å². The summed E-state index contributed by atoms with van der Waals surface area (Å²) in [7, 11) is 0. The molecule has 0 aromatic rings. The Hall–Kier alpha value is -0.687. The molecule has 2 nitrogen and oxygen atoms in total. The van der Waals surface area contributed by atoms with Gasteiger partial charge < -0.3 is 5.11 Å². The Bertz CT molecular complexity index is 271. The number of allylic oxidation sites excluding steroid dienone is 6. The fourth-order valence-electron chi connectivity index (χ4n) is 1.63. The minimum Gasteiger partial charge on any atom is -0.512 e. The maximum Gasteiger partial charge on any atom is 0.316 e. The Morgan fingerprint density at radius 1 is 1.20 bits per heavy atom. The maximum absolute atomic E-state index is 8.40. The van der Waals surface area contributed by atoms with Crippen LogP contribution in [0.2, 0.25) is 0 Å². The molecule has 0 aliphatic heterocycles. The van der Waals surface area contributed by atoms with Crippen LogP contribution in [0.25, 0.3) is 0 Å². The van der Waals surface area contributed by atoms with E-state index in [1.54, 1.807) is 0 Å². The Labute approximate surface area is 104 Å². The molecule has 0 amide bonds. The number of carbonyl (C=O) groups excluding carboxylic acids is 1. The molecule has 0 saturated carbocycles. The van der Waals surface area contributed by atoms with Gasteiger partial charge >= 0.3 is 5.78 Å². The predicted octanol–water partition coefficient (Wildman–Crippen LogP) is 2.76. The second-order valence-corrected chi connectivity index (χ2v) is 3.76. The smallest absolute Gasteiger partial charge is 0.316 e. The van der Waals surface area contributed by atoms with E-state index in [1.807, 2.05) is 0 Å². The molecule has 0 aromatic carbocycles. The molecule has 1 radical (unpaired) electrons. The third-order valence-electron chi connectivity index (χ3n) is 2.17. The molecular weight excluding hydrogens is 279 g/mol. The van der Waals surface area contributed by atoms with Crippen molar-refractivity contribution in [1.82, 2.24) is 0 Å². The molecule has 2 bridgehead atoms. The second kappa shape index (κ2) is 6.73. The predicted molar refractivity (Wildman–Crippen MR) is 58.9 cm³/mol. The normalized spacial score (nSPS) is 25.6. The molecule has 0 atom stereocenters. The zero-order valence-corrected chi connectivity index (χ0v) is 10.6. The first-order chi connectivity index (χ1) is 6.58. The number of aliphatic hydroxyl groups is 1. The van der Waals surface area contributed by atoms with Crippen LogP contribution in [0.1, 0.15) is 20.3 Å². The Balaban J connectivity index is 0.000000245. The third-order valence-corrected chi connectivity index (χ3v) is 2.17. The van der Waals surface area contributed by atoms with Crippen molar-refractivity contribution in [3.8, 4) is 0 Å². The van der Waals surface area contributed by atoms with Crippen LogP contribution in [0.4, 0.5) is 0 Å². The summed E-state index contributed by atoms with van der Waals surface area (Å²) in [5.41, 5.74) is 0. The van der Waals surface area contributed by atoms with Crippen LogP contribution in [-0.2, 0) is 19.5 Å². The van der Waals surface area contributed by atoms with Gasteiger partial charge in [0.2, 0.25) is 0 Å². The first-order valence-corrected chi connectivity index (χ1v) is 4.84. The number of ketones is 1. The van der Waals surface area contributed by atoms with Gasteiger partial charge in [-0.15, -0.1) is 0 Å². The first-order valence-electron chi connectivity index (χ1n) is 4.84. The van der Waals surface area contributed by atoms with Crippen LogP contribution in [0.5, 0.6) is 0 Å². The van der Waals surface area contributed by atoms with E-state index >= 15 is 0 Å². The summed E-state index contributed by atoms with van der Waals surface area (Å²) in [5, 5.41) is 8.40.